The van der Waals surface area contributed by atoms with Gasteiger partial charge in [0.25, 0.3) is 0 Å². The largest absolute Gasteiger partial charge is 0.480 e. The first-order chi connectivity index (χ1) is 6.45. The van der Waals surface area contributed by atoms with Crippen molar-refractivity contribution in [3.63, 3.8) is 0 Å². The molecule has 0 aliphatic heterocycles. The van der Waals surface area contributed by atoms with Gasteiger partial charge in [0.2, 0.25) is 0 Å². The average molecular weight is 258 g/mol. The van der Waals surface area contributed by atoms with Crippen LogP contribution < -0.4 is 5.73 Å². The van der Waals surface area contributed by atoms with Gasteiger partial charge in [-0.15, -0.1) is 0 Å². The minimum absolute atomic E-state index is 0.650. The molecular formula is C10H12BrNO2. The summed E-state index contributed by atoms with van der Waals surface area (Å²) in [6.45, 7) is 3.75. The number of hydrogen-bond acceptors (Lipinski definition) is 2. The number of carboxylic acid groups (broad SMARTS) is 1. The van der Waals surface area contributed by atoms with Crippen LogP contribution >= 0.6 is 15.9 Å². The Bertz CT molecular complexity index is 377. The van der Waals surface area contributed by atoms with Gasteiger partial charge in [0.15, 0.2) is 0 Å². The molecule has 0 radical (unpaired) electrons. The minimum Gasteiger partial charge on any atom is -0.480 e. The Balaban J connectivity index is 3.32. The predicted molar refractivity (Wildman–Crippen MR) is 58.2 cm³/mol. The smallest absolute Gasteiger partial charge is 0.325 e. The van der Waals surface area contributed by atoms with E-state index in [0.717, 1.165) is 15.6 Å². The first-order valence-corrected chi connectivity index (χ1v) is 4.98. The van der Waals surface area contributed by atoms with Crippen LogP contribution in [-0.2, 0) is 4.79 Å². The molecule has 4 heteroatoms. The molecular weight excluding hydrogens is 246 g/mol. The van der Waals surface area contributed by atoms with Crippen molar-refractivity contribution in [1.82, 2.24) is 0 Å². The molecule has 0 fully saturated rings. The van der Waals surface area contributed by atoms with Crippen molar-refractivity contribution < 1.29 is 9.90 Å². The fourth-order valence-electron chi connectivity index (χ4n) is 1.30. The van der Waals surface area contributed by atoms with E-state index in [4.69, 9.17) is 10.8 Å². The third kappa shape index (κ3) is 1.96. The number of carboxylic acids is 1. The van der Waals surface area contributed by atoms with Gasteiger partial charge < -0.3 is 10.8 Å². The normalized spacial score (nSPS) is 12.6. The number of aryl methyl sites for hydroxylation is 2. The summed E-state index contributed by atoms with van der Waals surface area (Å²) < 4.78 is 0.785. The molecule has 3 N–H and O–H groups in total. The molecule has 0 bridgehead atoms. The van der Waals surface area contributed by atoms with Gasteiger partial charge in [-0.05, 0) is 30.5 Å². The van der Waals surface area contributed by atoms with Gasteiger partial charge in [-0.2, -0.15) is 0 Å². The highest BCUT2D eigenvalue weighted by molar-refractivity contribution is 9.10. The number of rotatable bonds is 2. The van der Waals surface area contributed by atoms with Gasteiger partial charge in [-0.1, -0.05) is 28.1 Å². The summed E-state index contributed by atoms with van der Waals surface area (Å²) in [7, 11) is 0. The summed E-state index contributed by atoms with van der Waals surface area (Å²) in [6.07, 6.45) is 0. The zero-order chi connectivity index (χ0) is 10.9. The molecule has 0 aliphatic rings. The van der Waals surface area contributed by atoms with E-state index in [1.165, 1.54) is 0 Å². The Morgan fingerprint density at radius 1 is 1.43 bits per heavy atom. The van der Waals surface area contributed by atoms with E-state index in [9.17, 15) is 4.79 Å². The molecule has 1 unspecified atom stereocenters. The second-order valence-electron chi connectivity index (χ2n) is 3.24. The highest BCUT2D eigenvalue weighted by Gasteiger charge is 2.20. The topological polar surface area (TPSA) is 63.3 Å². The van der Waals surface area contributed by atoms with Crippen LogP contribution in [-0.4, -0.2) is 11.1 Å². The van der Waals surface area contributed by atoms with E-state index >= 15 is 0 Å². The van der Waals surface area contributed by atoms with Crippen molar-refractivity contribution >= 4 is 21.9 Å². The molecule has 0 aliphatic carbocycles. The zero-order valence-electron chi connectivity index (χ0n) is 8.04. The van der Waals surface area contributed by atoms with Crippen molar-refractivity contribution in [2.75, 3.05) is 0 Å². The van der Waals surface area contributed by atoms with Crippen molar-refractivity contribution in [3.05, 3.63) is 33.3 Å². The van der Waals surface area contributed by atoms with Crippen molar-refractivity contribution in [3.8, 4) is 0 Å². The van der Waals surface area contributed by atoms with E-state index in [1.54, 1.807) is 0 Å². The molecule has 0 heterocycles. The van der Waals surface area contributed by atoms with Crippen LogP contribution in [0.2, 0.25) is 0 Å². The van der Waals surface area contributed by atoms with Crippen LogP contribution in [0.15, 0.2) is 16.6 Å². The Morgan fingerprint density at radius 3 is 2.43 bits per heavy atom. The Morgan fingerprint density at radius 2 is 1.93 bits per heavy atom. The van der Waals surface area contributed by atoms with Gasteiger partial charge >= 0.3 is 5.97 Å². The Hall–Kier alpha value is -0.870. The molecule has 0 saturated heterocycles. The second-order valence-corrected chi connectivity index (χ2v) is 4.04. The maximum atomic E-state index is 10.8. The van der Waals surface area contributed by atoms with E-state index in [0.29, 0.717) is 5.56 Å². The lowest BCUT2D eigenvalue weighted by molar-refractivity contribution is -0.138. The van der Waals surface area contributed by atoms with Gasteiger partial charge in [-0.3, -0.25) is 4.79 Å². The van der Waals surface area contributed by atoms with E-state index in [-0.39, 0.29) is 0 Å². The van der Waals surface area contributed by atoms with E-state index in [1.807, 2.05) is 26.0 Å². The number of carbonyl (C=O) groups is 1. The first kappa shape index (κ1) is 11.2. The fraction of sp³-hybridized carbons (Fsp3) is 0.300. The lowest BCUT2D eigenvalue weighted by atomic mass is 9.99. The van der Waals surface area contributed by atoms with Gasteiger partial charge in [0, 0.05) is 4.47 Å². The highest BCUT2D eigenvalue weighted by Crippen LogP contribution is 2.28. The number of hydrogen-bond donors (Lipinski definition) is 2. The summed E-state index contributed by atoms with van der Waals surface area (Å²) in [5, 5.41) is 8.83. The summed E-state index contributed by atoms with van der Waals surface area (Å²) >= 11 is 3.36. The van der Waals surface area contributed by atoms with Gasteiger partial charge in [0.05, 0.1) is 0 Å². The molecule has 3 nitrogen and oxygen atoms in total. The molecule has 76 valence electrons. The first-order valence-electron chi connectivity index (χ1n) is 4.19. The van der Waals surface area contributed by atoms with Gasteiger partial charge in [-0.25, -0.2) is 0 Å². The molecule has 1 rings (SSSR count). The minimum atomic E-state index is -1.01. The number of aliphatic carboxylic acids is 1. The van der Waals surface area contributed by atoms with Crippen LogP contribution in [0, 0.1) is 13.8 Å². The molecule has 0 saturated carbocycles. The molecule has 0 amide bonds. The van der Waals surface area contributed by atoms with Crippen LogP contribution in [0.5, 0.6) is 0 Å². The summed E-state index contributed by atoms with van der Waals surface area (Å²) in [4.78, 5) is 10.8. The number of halogens is 1. The third-order valence-corrected chi connectivity index (χ3v) is 3.22. The number of benzene rings is 1. The Labute approximate surface area is 91.1 Å². The van der Waals surface area contributed by atoms with E-state index < -0.39 is 12.0 Å². The molecule has 14 heavy (non-hydrogen) atoms. The predicted octanol–water partition coefficient (Wildman–Crippen LogP) is 2.15. The summed E-state index contributed by atoms with van der Waals surface area (Å²) in [5.74, 6) is -1.01. The third-order valence-electron chi connectivity index (χ3n) is 2.17. The van der Waals surface area contributed by atoms with Gasteiger partial charge in [0.1, 0.15) is 6.04 Å². The summed E-state index contributed by atoms with van der Waals surface area (Å²) in [5.41, 5.74) is 8.10. The zero-order valence-corrected chi connectivity index (χ0v) is 9.63. The van der Waals surface area contributed by atoms with Crippen LogP contribution in [0.1, 0.15) is 22.7 Å². The SMILES string of the molecule is Cc1ccc(C)c(C(N)C(=O)O)c1Br. The average Bonchev–Trinajstić information content (AvgIpc) is 2.12. The fourth-order valence-corrected chi connectivity index (χ4v) is 2.00. The van der Waals surface area contributed by atoms with Crippen LogP contribution in [0.25, 0.3) is 0 Å². The summed E-state index contributed by atoms with van der Waals surface area (Å²) in [6, 6.07) is 2.83. The van der Waals surface area contributed by atoms with Crippen molar-refractivity contribution in [2.24, 2.45) is 5.73 Å². The Kier molecular flexibility index (Phi) is 3.29. The molecule has 0 aromatic heterocycles. The number of nitrogens with two attached hydrogens (primary N) is 1. The van der Waals surface area contributed by atoms with Crippen LogP contribution in [0.3, 0.4) is 0 Å². The maximum absolute atomic E-state index is 10.8. The van der Waals surface area contributed by atoms with Crippen molar-refractivity contribution in [1.29, 1.82) is 0 Å². The van der Waals surface area contributed by atoms with E-state index in [2.05, 4.69) is 15.9 Å². The lowest BCUT2D eigenvalue weighted by Crippen LogP contribution is -2.22. The molecule has 0 spiro atoms. The second kappa shape index (κ2) is 4.11. The highest BCUT2D eigenvalue weighted by atomic mass is 79.9. The van der Waals surface area contributed by atoms with Crippen molar-refractivity contribution in [2.45, 2.75) is 19.9 Å². The molecule has 1 atom stereocenters. The lowest BCUT2D eigenvalue weighted by Gasteiger charge is -2.14. The van der Waals surface area contributed by atoms with Crippen LogP contribution in [0.4, 0.5) is 0 Å². The quantitative estimate of drug-likeness (QED) is 0.854. The molecule has 1 aromatic rings. The molecule has 1 aromatic carbocycles. The standard InChI is InChI=1S/C10H12BrNO2/c1-5-3-4-6(2)8(11)7(5)9(12)10(13)14/h3-4,9H,12H2,1-2H3,(H,13,14). The maximum Gasteiger partial charge on any atom is 0.325 e. The monoisotopic (exact) mass is 257 g/mol.